The lowest BCUT2D eigenvalue weighted by molar-refractivity contribution is 0.0509. The van der Waals surface area contributed by atoms with Crippen LogP contribution in [0.5, 0.6) is 0 Å². The van der Waals surface area contributed by atoms with Gasteiger partial charge in [0.25, 0.3) is 0 Å². The minimum atomic E-state index is -0.524. The number of aryl methyl sites for hydroxylation is 1. The van der Waals surface area contributed by atoms with Gasteiger partial charge < -0.3 is 15.0 Å². The summed E-state index contributed by atoms with van der Waals surface area (Å²) in [7, 11) is 0. The van der Waals surface area contributed by atoms with E-state index in [0.29, 0.717) is 12.1 Å². The number of rotatable bonds is 4. The molecule has 2 heterocycles. The number of carbonyl (C=O) groups is 1. The number of alkyl carbamates (subject to hydrolysis) is 1. The van der Waals surface area contributed by atoms with E-state index < -0.39 is 5.60 Å². The van der Waals surface area contributed by atoms with Crippen LogP contribution in [0.1, 0.15) is 38.3 Å². The molecule has 0 bridgehead atoms. The maximum atomic E-state index is 12.2. The third-order valence-corrected chi connectivity index (χ3v) is 6.53. The molecule has 5 rings (SSSR count). The zero-order valence-electron chi connectivity index (χ0n) is 22.2. The Morgan fingerprint density at radius 2 is 1.61 bits per heavy atom. The second-order valence-corrected chi connectivity index (χ2v) is 10.7. The molecule has 1 saturated heterocycles. The summed E-state index contributed by atoms with van der Waals surface area (Å²) in [5, 5.41) is 12.2. The first-order valence-electron chi connectivity index (χ1n) is 12.8. The maximum absolute atomic E-state index is 12.2. The molecule has 192 valence electrons. The second-order valence-electron chi connectivity index (χ2n) is 10.7. The van der Waals surface area contributed by atoms with Crippen molar-refractivity contribution in [2.45, 2.75) is 45.8 Å². The van der Waals surface area contributed by atoms with Gasteiger partial charge in [-0.15, -0.1) is 0 Å². The van der Waals surface area contributed by atoms with Crippen LogP contribution in [0, 0.1) is 18.3 Å². The largest absolute Gasteiger partial charge is 0.444 e. The molecule has 7 nitrogen and oxygen atoms in total. The maximum Gasteiger partial charge on any atom is 0.407 e. The topological polar surface area (TPSA) is 91.1 Å². The minimum Gasteiger partial charge on any atom is -0.444 e. The van der Waals surface area contributed by atoms with Gasteiger partial charge in [-0.1, -0.05) is 42.0 Å². The highest BCUT2D eigenvalue weighted by Crippen LogP contribution is 2.33. The number of hydrogen-bond acceptors (Lipinski definition) is 6. The molecular weight excluding hydrogens is 474 g/mol. The van der Waals surface area contributed by atoms with Gasteiger partial charge in [-0.3, -0.25) is 0 Å². The van der Waals surface area contributed by atoms with Gasteiger partial charge in [-0.25, -0.2) is 14.8 Å². The fourth-order valence-electron chi connectivity index (χ4n) is 4.64. The molecule has 38 heavy (non-hydrogen) atoms. The predicted octanol–water partition coefficient (Wildman–Crippen LogP) is 6.25. The van der Waals surface area contributed by atoms with Gasteiger partial charge in [-0.05, 0) is 64.4 Å². The van der Waals surface area contributed by atoms with Crippen molar-refractivity contribution in [3.05, 3.63) is 77.9 Å². The molecular formula is C31H31N5O2. The van der Waals surface area contributed by atoms with E-state index in [1.807, 2.05) is 39.0 Å². The summed E-state index contributed by atoms with van der Waals surface area (Å²) in [5.41, 5.74) is 7.36. The third-order valence-electron chi connectivity index (χ3n) is 6.53. The Hall–Kier alpha value is -4.44. The first kappa shape index (κ1) is 25.2. The molecule has 0 saturated carbocycles. The van der Waals surface area contributed by atoms with Crippen LogP contribution in [0.4, 0.5) is 10.5 Å². The molecule has 7 heteroatoms. The van der Waals surface area contributed by atoms with Crippen LogP contribution in [0.25, 0.3) is 33.5 Å². The number of fused-ring (bicyclic) bond motifs is 1. The Bertz CT molecular complexity index is 1520. The summed E-state index contributed by atoms with van der Waals surface area (Å²) in [6.07, 6.45) is 0.454. The van der Waals surface area contributed by atoms with Crippen molar-refractivity contribution in [3.63, 3.8) is 0 Å². The van der Waals surface area contributed by atoms with Crippen LogP contribution in [-0.4, -0.2) is 40.8 Å². The number of ether oxygens (including phenoxy) is 1. The Balaban J connectivity index is 1.47. The van der Waals surface area contributed by atoms with Gasteiger partial charge in [0.1, 0.15) is 5.60 Å². The van der Waals surface area contributed by atoms with Crippen LogP contribution in [0.2, 0.25) is 0 Å². The summed E-state index contributed by atoms with van der Waals surface area (Å²) in [5.74, 6) is 0. The molecule has 4 aromatic rings. The van der Waals surface area contributed by atoms with E-state index in [2.05, 4.69) is 59.6 Å². The van der Waals surface area contributed by atoms with Crippen molar-refractivity contribution < 1.29 is 9.53 Å². The lowest BCUT2D eigenvalue weighted by Gasteiger charge is -2.22. The number of nitriles is 1. The average molecular weight is 506 g/mol. The third kappa shape index (κ3) is 5.60. The minimum absolute atomic E-state index is 0.0183. The van der Waals surface area contributed by atoms with Gasteiger partial charge in [-0.2, -0.15) is 5.26 Å². The van der Waals surface area contributed by atoms with Crippen molar-refractivity contribution >= 4 is 22.8 Å². The Kier molecular flexibility index (Phi) is 6.73. The van der Waals surface area contributed by atoms with Crippen molar-refractivity contribution in [1.29, 1.82) is 5.26 Å². The molecule has 1 aromatic heterocycles. The van der Waals surface area contributed by atoms with E-state index in [1.165, 1.54) is 5.56 Å². The van der Waals surface area contributed by atoms with Gasteiger partial charge in [0, 0.05) is 29.9 Å². The number of anilines is 1. The highest BCUT2D eigenvalue weighted by atomic mass is 16.6. The first-order valence-corrected chi connectivity index (χ1v) is 12.8. The van der Waals surface area contributed by atoms with Crippen molar-refractivity contribution in [3.8, 4) is 28.6 Å². The lowest BCUT2D eigenvalue weighted by atomic mass is 10.0. The number of amides is 1. The standard InChI is InChI=1S/C31H31N5O2/c1-20-5-9-22(10-6-20)28-29(23-11-7-21(18-32)8-12-23)35-27-17-25(13-14-26(27)34-28)36-16-15-24(19-36)33-30(37)38-31(2,3)4/h5-14,17,24H,15-16,19H2,1-4H3,(H,33,37)/t24-/m0/s1. The van der Waals surface area contributed by atoms with E-state index in [0.717, 1.165) is 52.2 Å². The highest BCUT2D eigenvalue weighted by Gasteiger charge is 2.26. The van der Waals surface area contributed by atoms with E-state index in [1.54, 1.807) is 12.1 Å². The summed E-state index contributed by atoms with van der Waals surface area (Å²) in [4.78, 5) is 24.6. The summed E-state index contributed by atoms with van der Waals surface area (Å²) < 4.78 is 5.42. The van der Waals surface area contributed by atoms with E-state index in [4.69, 9.17) is 14.7 Å². The van der Waals surface area contributed by atoms with E-state index in [-0.39, 0.29) is 12.1 Å². The molecule has 1 N–H and O–H groups in total. The SMILES string of the molecule is Cc1ccc(-c2nc3ccc(N4CC[C@H](NC(=O)OC(C)(C)C)C4)cc3nc2-c2ccc(C#N)cc2)cc1. The normalized spacial score (nSPS) is 15.3. The predicted molar refractivity (Wildman–Crippen MR) is 150 cm³/mol. The van der Waals surface area contributed by atoms with E-state index in [9.17, 15) is 10.1 Å². The molecule has 0 unspecified atom stereocenters. The lowest BCUT2D eigenvalue weighted by Crippen LogP contribution is -2.40. The van der Waals surface area contributed by atoms with Crippen molar-refractivity contribution in [1.82, 2.24) is 15.3 Å². The smallest absolute Gasteiger partial charge is 0.407 e. The zero-order chi connectivity index (χ0) is 26.9. The van der Waals surface area contributed by atoms with Gasteiger partial charge in [0.15, 0.2) is 0 Å². The number of nitrogens with one attached hydrogen (secondary N) is 1. The first-order chi connectivity index (χ1) is 18.2. The van der Waals surface area contributed by atoms with Crippen LogP contribution in [0.3, 0.4) is 0 Å². The quantitative estimate of drug-likeness (QED) is 0.353. The number of carbonyl (C=O) groups excluding carboxylic acids is 1. The fraction of sp³-hybridized carbons (Fsp3) is 0.290. The van der Waals surface area contributed by atoms with Crippen molar-refractivity contribution in [2.24, 2.45) is 0 Å². The fourth-order valence-corrected chi connectivity index (χ4v) is 4.64. The molecule has 1 aliphatic heterocycles. The molecule has 1 fully saturated rings. The highest BCUT2D eigenvalue weighted by molar-refractivity contribution is 5.88. The van der Waals surface area contributed by atoms with E-state index >= 15 is 0 Å². The van der Waals surface area contributed by atoms with Gasteiger partial charge >= 0.3 is 6.09 Å². The Morgan fingerprint density at radius 1 is 0.974 bits per heavy atom. The van der Waals surface area contributed by atoms with Gasteiger partial charge in [0.2, 0.25) is 0 Å². The molecule has 1 aliphatic rings. The molecule has 0 spiro atoms. The number of hydrogen-bond donors (Lipinski definition) is 1. The van der Waals surface area contributed by atoms with Gasteiger partial charge in [0.05, 0.1) is 40.1 Å². The van der Waals surface area contributed by atoms with Crippen LogP contribution in [-0.2, 0) is 4.74 Å². The Labute approximate surface area is 223 Å². The van der Waals surface area contributed by atoms with Crippen LogP contribution >= 0.6 is 0 Å². The Morgan fingerprint density at radius 3 is 2.24 bits per heavy atom. The molecule has 1 amide bonds. The molecule has 0 aliphatic carbocycles. The zero-order valence-corrected chi connectivity index (χ0v) is 22.2. The van der Waals surface area contributed by atoms with Crippen LogP contribution < -0.4 is 10.2 Å². The summed E-state index contributed by atoms with van der Waals surface area (Å²) in [6.45, 7) is 9.16. The molecule has 3 aromatic carbocycles. The number of aromatic nitrogens is 2. The number of benzene rings is 3. The van der Waals surface area contributed by atoms with Crippen LogP contribution in [0.15, 0.2) is 66.7 Å². The second kappa shape index (κ2) is 10.1. The average Bonchev–Trinajstić information content (AvgIpc) is 3.35. The summed E-state index contributed by atoms with van der Waals surface area (Å²) in [6, 6.07) is 24.0. The molecule has 0 radical (unpaired) electrons. The monoisotopic (exact) mass is 505 g/mol. The molecule has 1 atom stereocenters. The van der Waals surface area contributed by atoms with Crippen molar-refractivity contribution in [2.75, 3.05) is 18.0 Å². The summed E-state index contributed by atoms with van der Waals surface area (Å²) >= 11 is 0. The number of nitrogens with zero attached hydrogens (tertiary/aromatic N) is 4.